The number of ether oxygens (including phenoxy) is 2. The van der Waals surface area contributed by atoms with Crippen molar-refractivity contribution in [1.82, 2.24) is 0 Å². The molecule has 2 unspecified atom stereocenters. The van der Waals surface area contributed by atoms with Crippen molar-refractivity contribution in [2.75, 3.05) is 13.2 Å². The number of hydrogen-bond acceptors (Lipinski definition) is 3. The quantitative estimate of drug-likeness (QED) is 0.926. The molecule has 0 aromatic heterocycles. The van der Waals surface area contributed by atoms with Crippen LogP contribution in [0.5, 0.6) is 5.75 Å². The summed E-state index contributed by atoms with van der Waals surface area (Å²) in [7, 11) is 0. The average molecular weight is 314 g/mol. The maximum Gasteiger partial charge on any atom is 0.133 e. The number of benzene rings is 1. The lowest BCUT2D eigenvalue weighted by atomic mass is 9.88. The molecule has 1 heterocycles. The van der Waals surface area contributed by atoms with Gasteiger partial charge in [0.1, 0.15) is 5.75 Å². The molecule has 1 aromatic rings. The summed E-state index contributed by atoms with van der Waals surface area (Å²) >= 11 is 3.52. The molecule has 18 heavy (non-hydrogen) atoms. The number of halogens is 1. The highest BCUT2D eigenvalue weighted by molar-refractivity contribution is 9.10. The first kappa shape index (κ1) is 13.8. The lowest BCUT2D eigenvalue weighted by Gasteiger charge is -2.31. The first-order valence-electron chi connectivity index (χ1n) is 6.38. The van der Waals surface area contributed by atoms with Gasteiger partial charge in [-0.15, -0.1) is 0 Å². The van der Waals surface area contributed by atoms with Gasteiger partial charge in [0.05, 0.1) is 22.7 Å². The van der Waals surface area contributed by atoms with Crippen molar-refractivity contribution in [2.45, 2.75) is 38.3 Å². The molecule has 1 aliphatic rings. The summed E-state index contributed by atoms with van der Waals surface area (Å²) in [4.78, 5) is 0. The van der Waals surface area contributed by atoms with Crippen LogP contribution in [0.4, 0.5) is 0 Å². The van der Waals surface area contributed by atoms with Crippen LogP contribution in [0, 0.1) is 0 Å². The SMILES string of the molecule is CCOc1ccc(C(N)C2(C)CCCO2)cc1Br. The zero-order valence-corrected chi connectivity index (χ0v) is 12.5. The van der Waals surface area contributed by atoms with E-state index in [1.165, 1.54) is 0 Å². The highest BCUT2D eigenvalue weighted by atomic mass is 79.9. The molecule has 0 radical (unpaired) electrons. The minimum Gasteiger partial charge on any atom is -0.493 e. The maximum absolute atomic E-state index is 6.34. The fourth-order valence-corrected chi connectivity index (χ4v) is 2.89. The van der Waals surface area contributed by atoms with E-state index in [0.29, 0.717) is 6.61 Å². The Labute approximate surface area is 117 Å². The summed E-state index contributed by atoms with van der Waals surface area (Å²) in [6.07, 6.45) is 2.10. The molecular formula is C14H20BrNO2. The standard InChI is InChI=1S/C14H20BrNO2/c1-3-17-12-6-5-10(9-11(12)15)13(16)14(2)7-4-8-18-14/h5-6,9,13H,3-4,7-8,16H2,1-2H3. The lowest BCUT2D eigenvalue weighted by Crippen LogP contribution is -2.37. The number of hydrogen-bond donors (Lipinski definition) is 1. The average Bonchev–Trinajstić information content (AvgIpc) is 2.79. The minimum absolute atomic E-state index is 0.105. The molecule has 3 nitrogen and oxygen atoms in total. The first-order chi connectivity index (χ1) is 8.57. The third-order valence-corrected chi connectivity index (χ3v) is 4.14. The van der Waals surface area contributed by atoms with E-state index in [1.54, 1.807) is 0 Å². The van der Waals surface area contributed by atoms with Crippen LogP contribution in [0.15, 0.2) is 22.7 Å². The molecule has 0 amide bonds. The Balaban J connectivity index is 2.20. The van der Waals surface area contributed by atoms with Gasteiger partial charge < -0.3 is 15.2 Å². The van der Waals surface area contributed by atoms with E-state index in [4.69, 9.17) is 15.2 Å². The van der Waals surface area contributed by atoms with E-state index in [-0.39, 0.29) is 11.6 Å². The van der Waals surface area contributed by atoms with Crippen molar-refractivity contribution in [3.8, 4) is 5.75 Å². The van der Waals surface area contributed by atoms with Crippen molar-refractivity contribution in [3.05, 3.63) is 28.2 Å². The van der Waals surface area contributed by atoms with E-state index in [9.17, 15) is 0 Å². The maximum atomic E-state index is 6.34. The third-order valence-electron chi connectivity index (χ3n) is 3.52. The van der Waals surface area contributed by atoms with Gasteiger partial charge in [-0.3, -0.25) is 0 Å². The Bertz CT molecular complexity index is 416. The molecule has 4 heteroatoms. The second kappa shape index (κ2) is 5.59. The largest absolute Gasteiger partial charge is 0.493 e. The molecule has 1 fully saturated rings. The van der Waals surface area contributed by atoms with Crippen LogP contribution in [0.3, 0.4) is 0 Å². The van der Waals surface area contributed by atoms with Crippen LogP contribution in [0.1, 0.15) is 38.3 Å². The molecule has 0 saturated carbocycles. The van der Waals surface area contributed by atoms with Crippen molar-refractivity contribution in [2.24, 2.45) is 5.73 Å². The second-order valence-corrected chi connectivity index (χ2v) is 5.72. The molecule has 1 aliphatic heterocycles. The van der Waals surface area contributed by atoms with Gasteiger partial charge in [-0.1, -0.05) is 6.07 Å². The topological polar surface area (TPSA) is 44.5 Å². The van der Waals surface area contributed by atoms with Gasteiger partial charge in [0.15, 0.2) is 0 Å². The fraction of sp³-hybridized carbons (Fsp3) is 0.571. The molecule has 2 rings (SSSR count). The van der Waals surface area contributed by atoms with E-state index < -0.39 is 0 Å². The van der Waals surface area contributed by atoms with Gasteiger partial charge in [-0.2, -0.15) is 0 Å². The van der Waals surface area contributed by atoms with Crippen LogP contribution < -0.4 is 10.5 Å². The number of nitrogens with two attached hydrogens (primary N) is 1. The third kappa shape index (κ3) is 2.71. The summed E-state index contributed by atoms with van der Waals surface area (Å²) in [6, 6.07) is 5.91. The number of rotatable bonds is 4. The van der Waals surface area contributed by atoms with Gasteiger partial charge in [0, 0.05) is 6.61 Å². The van der Waals surface area contributed by atoms with Crippen LogP contribution >= 0.6 is 15.9 Å². The molecule has 0 bridgehead atoms. The Morgan fingerprint density at radius 1 is 1.56 bits per heavy atom. The van der Waals surface area contributed by atoms with E-state index in [0.717, 1.165) is 35.2 Å². The van der Waals surface area contributed by atoms with Crippen molar-refractivity contribution in [1.29, 1.82) is 0 Å². The minimum atomic E-state index is -0.243. The zero-order chi connectivity index (χ0) is 13.2. The molecular weight excluding hydrogens is 294 g/mol. The van der Waals surface area contributed by atoms with Gasteiger partial charge in [-0.25, -0.2) is 0 Å². The van der Waals surface area contributed by atoms with E-state index in [2.05, 4.69) is 22.9 Å². The van der Waals surface area contributed by atoms with Crippen molar-refractivity contribution < 1.29 is 9.47 Å². The van der Waals surface area contributed by atoms with E-state index >= 15 is 0 Å². The van der Waals surface area contributed by atoms with E-state index in [1.807, 2.05) is 25.1 Å². The molecule has 1 aromatic carbocycles. The predicted molar refractivity (Wildman–Crippen MR) is 75.8 cm³/mol. The fourth-order valence-electron chi connectivity index (χ4n) is 2.38. The monoisotopic (exact) mass is 313 g/mol. The van der Waals surface area contributed by atoms with Crippen LogP contribution in [0.2, 0.25) is 0 Å². The van der Waals surface area contributed by atoms with Gasteiger partial charge in [0.2, 0.25) is 0 Å². The Morgan fingerprint density at radius 3 is 2.89 bits per heavy atom. The van der Waals surface area contributed by atoms with Crippen molar-refractivity contribution in [3.63, 3.8) is 0 Å². The van der Waals surface area contributed by atoms with Gasteiger partial charge >= 0.3 is 0 Å². The zero-order valence-electron chi connectivity index (χ0n) is 10.9. The Hall–Kier alpha value is -0.580. The summed E-state index contributed by atoms with van der Waals surface area (Å²) in [6.45, 7) is 5.53. The molecule has 2 N–H and O–H groups in total. The first-order valence-corrected chi connectivity index (χ1v) is 7.18. The van der Waals surface area contributed by atoms with Crippen LogP contribution in [-0.2, 0) is 4.74 Å². The highest BCUT2D eigenvalue weighted by Gasteiger charge is 2.37. The van der Waals surface area contributed by atoms with Crippen molar-refractivity contribution >= 4 is 15.9 Å². The second-order valence-electron chi connectivity index (χ2n) is 4.87. The molecule has 100 valence electrons. The smallest absolute Gasteiger partial charge is 0.133 e. The highest BCUT2D eigenvalue weighted by Crippen LogP contribution is 2.37. The summed E-state index contributed by atoms with van der Waals surface area (Å²) in [5, 5.41) is 0. The predicted octanol–water partition coefficient (Wildman–Crippen LogP) is 3.42. The molecule has 2 atom stereocenters. The van der Waals surface area contributed by atoms with Crippen LogP contribution in [0.25, 0.3) is 0 Å². The van der Waals surface area contributed by atoms with Gasteiger partial charge in [-0.05, 0) is 60.3 Å². The molecule has 1 saturated heterocycles. The summed E-state index contributed by atoms with van der Waals surface area (Å²) < 4.78 is 12.2. The summed E-state index contributed by atoms with van der Waals surface area (Å²) in [5.74, 6) is 0.853. The Kier molecular flexibility index (Phi) is 4.30. The van der Waals surface area contributed by atoms with Gasteiger partial charge in [0.25, 0.3) is 0 Å². The molecule has 0 aliphatic carbocycles. The van der Waals surface area contributed by atoms with Crippen LogP contribution in [-0.4, -0.2) is 18.8 Å². The Morgan fingerprint density at radius 2 is 2.33 bits per heavy atom. The summed E-state index contributed by atoms with van der Waals surface area (Å²) in [5.41, 5.74) is 7.18. The normalized spacial score (nSPS) is 25.1. The lowest BCUT2D eigenvalue weighted by molar-refractivity contribution is -0.00176. The molecule has 0 spiro atoms.